The standard InChI is InChI=1S/C19H13ClN2O6/c1-10-2-4-13(15(8-10)22(26)27)16-6-7-17(28-16)18(23)21-11-3-5-12(19(24)25)14(20)9-11/h2-9H,1H3,(H,21,23)(H,24,25). The van der Waals surface area contributed by atoms with Crippen LogP contribution in [0.3, 0.4) is 0 Å². The van der Waals surface area contributed by atoms with Crippen molar-refractivity contribution in [2.24, 2.45) is 0 Å². The van der Waals surface area contributed by atoms with Crippen LogP contribution in [0, 0.1) is 17.0 Å². The van der Waals surface area contributed by atoms with Crippen molar-refractivity contribution < 1.29 is 24.0 Å². The number of hydrogen-bond acceptors (Lipinski definition) is 5. The SMILES string of the molecule is Cc1ccc(-c2ccc(C(=O)Nc3ccc(C(=O)O)c(Cl)c3)o2)c([N+](=O)[O-])c1. The summed E-state index contributed by atoms with van der Waals surface area (Å²) in [5, 5.41) is 22.7. The minimum absolute atomic E-state index is 0.0271. The third-order valence-electron chi connectivity index (χ3n) is 3.90. The molecular weight excluding hydrogens is 388 g/mol. The number of nitro benzene ring substituents is 1. The predicted octanol–water partition coefficient (Wildman–Crippen LogP) is 4.77. The van der Waals surface area contributed by atoms with Gasteiger partial charge >= 0.3 is 5.97 Å². The van der Waals surface area contributed by atoms with Gasteiger partial charge in [0.15, 0.2) is 5.76 Å². The van der Waals surface area contributed by atoms with Gasteiger partial charge in [0.1, 0.15) is 5.76 Å². The van der Waals surface area contributed by atoms with Crippen LogP contribution in [0.5, 0.6) is 0 Å². The van der Waals surface area contributed by atoms with E-state index in [0.29, 0.717) is 0 Å². The van der Waals surface area contributed by atoms with Crippen molar-refractivity contribution in [1.82, 2.24) is 0 Å². The lowest BCUT2D eigenvalue weighted by Gasteiger charge is -2.05. The maximum absolute atomic E-state index is 12.4. The zero-order chi connectivity index (χ0) is 20.4. The Balaban J connectivity index is 1.85. The maximum Gasteiger partial charge on any atom is 0.337 e. The number of carboxylic acids is 1. The highest BCUT2D eigenvalue weighted by Crippen LogP contribution is 2.32. The number of nitrogens with one attached hydrogen (secondary N) is 1. The molecule has 0 spiro atoms. The molecule has 1 amide bonds. The lowest BCUT2D eigenvalue weighted by Crippen LogP contribution is -2.11. The van der Waals surface area contributed by atoms with Crippen molar-refractivity contribution in [2.45, 2.75) is 6.92 Å². The molecule has 1 heterocycles. The zero-order valence-electron chi connectivity index (χ0n) is 14.4. The number of halogens is 1. The molecule has 142 valence electrons. The highest BCUT2D eigenvalue weighted by molar-refractivity contribution is 6.33. The number of amides is 1. The fourth-order valence-electron chi connectivity index (χ4n) is 2.56. The van der Waals surface area contributed by atoms with Gasteiger partial charge in [-0.25, -0.2) is 4.79 Å². The molecule has 2 aromatic carbocycles. The second kappa shape index (κ2) is 7.53. The largest absolute Gasteiger partial charge is 0.478 e. The van der Waals surface area contributed by atoms with Gasteiger partial charge in [-0.15, -0.1) is 0 Å². The summed E-state index contributed by atoms with van der Waals surface area (Å²) in [6.07, 6.45) is 0. The van der Waals surface area contributed by atoms with Crippen molar-refractivity contribution in [3.8, 4) is 11.3 Å². The summed E-state index contributed by atoms with van der Waals surface area (Å²) in [6, 6.07) is 11.5. The van der Waals surface area contributed by atoms with E-state index in [0.717, 1.165) is 5.56 Å². The highest BCUT2D eigenvalue weighted by atomic mass is 35.5. The van der Waals surface area contributed by atoms with Crippen LogP contribution in [0.15, 0.2) is 52.9 Å². The number of carboxylic acid groups (broad SMARTS) is 1. The van der Waals surface area contributed by atoms with Crippen LogP contribution in [0.4, 0.5) is 11.4 Å². The Morgan fingerprint density at radius 2 is 1.89 bits per heavy atom. The Morgan fingerprint density at radius 3 is 2.54 bits per heavy atom. The molecule has 0 unspecified atom stereocenters. The van der Waals surface area contributed by atoms with E-state index in [1.54, 1.807) is 19.1 Å². The van der Waals surface area contributed by atoms with E-state index in [1.165, 1.54) is 36.4 Å². The van der Waals surface area contributed by atoms with E-state index >= 15 is 0 Å². The first-order valence-corrected chi connectivity index (χ1v) is 8.33. The molecule has 0 atom stereocenters. The second-order valence-electron chi connectivity index (χ2n) is 5.90. The molecule has 3 rings (SSSR count). The second-order valence-corrected chi connectivity index (χ2v) is 6.30. The van der Waals surface area contributed by atoms with Gasteiger partial charge in [0.2, 0.25) is 0 Å². The normalized spacial score (nSPS) is 10.5. The third kappa shape index (κ3) is 3.86. The van der Waals surface area contributed by atoms with E-state index in [9.17, 15) is 19.7 Å². The molecule has 0 bridgehead atoms. The molecule has 8 nitrogen and oxygen atoms in total. The highest BCUT2D eigenvalue weighted by Gasteiger charge is 2.20. The average molecular weight is 401 g/mol. The van der Waals surface area contributed by atoms with Crippen molar-refractivity contribution in [2.75, 3.05) is 5.32 Å². The van der Waals surface area contributed by atoms with E-state index in [-0.39, 0.29) is 39.0 Å². The van der Waals surface area contributed by atoms with Crippen molar-refractivity contribution >= 4 is 34.9 Å². The number of carbonyl (C=O) groups is 2. The van der Waals surface area contributed by atoms with Crippen LogP contribution in [0.2, 0.25) is 5.02 Å². The fourth-order valence-corrected chi connectivity index (χ4v) is 2.83. The minimum Gasteiger partial charge on any atom is -0.478 e. The minimum atomic E-state index is -1.18. The van der Waals surface area contributed by atoms with Crippen LogP contribution in [0.1, 0.15) is 26.5 Å². The van der Waals surface area contributed by atoms with Crippen LogP contribution in [-0.4, -0.2) is 21.9 Å². The van der Waals surface area contributed by atoms with Gasteiger partial charge in [-0.2, -0.15) is 0 Å². The Kier molecular flexibility index (Phi) is 5.14. The predicted molar refractivity (Wildman–Crippen MR) is 102 cm³/mol. The number of aromatic carboxylic acids is 1. The van der Waals surface area contributed by atoms with Gasteiger partial charge in [0, 0.05) is 11.8 Å². The molecule has 0 saturated carbocycles. The summed E-state index contributed by atoms with van der Waals surface area (Å²) < 4.78 is 5.48. The number of hydrogen-bond donors (Lipinski definition) is 2. The summed E-state index contributed by atoms with van der Waals surface area (Å²) in [5.74, 6) is -1.68. The Morgan fingerprint density at radius 1 is 1.14 bits per heavy atom. The van der Waals surface area contributed by atoms with Gasteiger partial charge < -0.3 is 14.8 Å². The summed E-state index contributed by atoms with van der Waals surface area (Å²) in [4.78, 5) is 34.1. The fraction of sp³-hybridized carbons (Fsp3) is 0.0526. The molecule has 0 aliphatic rings. The number of furan rings is 1. The van der Waals surface area contributed by atoms with Gasteiger partial charge in [0.05, 0.1) is 21.1 Å². The maximum atomic E-state index is 12.4. The molecule has 0 saturated heterocycles. The first-order valence-electron chi connectivity index (χ1n) is 7.95. The number of rotatable bonds is 5. The molecule has 28 heavy (non-hydrogen) atoms. The molecule has 1 aromatic heterocycles. The summed E-state index contributed by atoms with van der Waals surface area (Å²) in [5.41, 5.74) is 1.04. The molecule has 9 heteroatoms. The van der Waals surface area contributed by atoms with Crippen molar-refractivity contribution in [3.05, 3.63) is 80.6 Å². The van der Waals surface area contributed by atoms with Crippen molar-refractivity contribution in [3.63, 3.8) is 0 Å². The van der Waals surface area contributed by atoms with Crippen LogP contribution in [-0.2, 0) is 0 Å². The third-order valence-corrected chi connectivity index (χ3v) is 4.22. The smallest absolute Gasteiger partial charge is 0.337 e. The van der Waals surface area contributed by atoms with Gasteiger partial charge in [-0.05, 0) is 48.9 Å². The molecule has 3 aromatic rings. The molecule has 0 radical (unpaired) electrons. The van der Waals surface area contributed by atoms with Crippen LogP contribution < -0.4 is 5.32 Å². The van der Waals surface area contributed by atoms with Crippen LogP contribution in [0.25, 0.3) is 11.3 Å². The average Bonchev–Trinajstić information content (AvgIpc) is 3.11. The molecule has 0 aliphatic heterocycles. The Labute approximate surface area is 163 Å². The van der Waals surface area contributed by atoms with Gasteiger partial charge in [0.25, 0.3) is 11.6 Å². The molecule has 2 N–H and O–H groups in total. The number of nitrogens with zero attached hydrogens (tertiary/aromatic N) is 1. The first kappa shape index (κ1) is 19.1. The van der Waals surface area contributed by atoms with Crippen LogP contribution >= 0.6 is 11.6 Å². The summed E-state index contributed by atoms with van der Waals surface area (Å²) in [7, 11) is 0. The first-order chi connectivity index (χ1) is 13.3. The number of anilines is 1. The van der Waals surface area contributed by atoms with Crippen molar-refractivity contribution in [1.29, 1.82) is 0 Å². The van der Waals surface area contributed by atoms with Gasteiger partial charge in [-0.1, -0.05) is 17.7 Å². The van der Waals surface area contributed by atoms with E-state index in [2.05, 4.69) is 5.32 Å². The monoisotopic (exact) mass is 400 g/mol. The molecular formula is C19H13ClN2O6. The summed E-state index contributed by atoms with van der Waals surface area (Å²) in [6.45, 7) is 1.73. The topological polar surface area (TPSA) is 123 Å². The number of benzene rings is 2. The molecule has 0 fully saturated rings. The number of nitro groups is 1. The summed E-state index contributed by atoms with van der Waals surface area (Å²) >= 11 is 5.88. The molecule has 0 aliphatic carbocycles. The number of aryl methyl sites for hydroxylation is 1. The quantitative estimate of drug-likeness (QED) is 0.469. The van der Waals surface area contributed by atoms with Gasteiger partial charge in [-0.3, -0.25) is 14.9 Å². The lowest BCUT2D eigenvalue weighted by atomic mass is 10.1. The lowest BCUT2D eigenvalue weighted by molar-refractivity contribution is -0.384. The Hall–Kier alpha value is -3.65. The van der Waals surface area contributed by atoms with E-state index in [1.807, 2.05) is 0 Å². The van der Waals surface area contributed by atoms with E-state index < -0.39 is 16.8 Å². The number of carbonyl (C=O) groups excluding carboxylic acids is 1. The Bertz CT molecular complexity index is 1110. The zero-order valence-corrected chi connectivity index (χ0v) is 15.2. The van der Waals surface area contributed by atoms with E-state index in [4.69, 9.17) is 21.1 Å².